The summed E-state index contributed by atoms with van der Waals surface area (Å²) in [5.41, 5.74) is 0.631. The molecule has 1 unspecified atom stereocenters. The van der Waals surface area contributed by atoms with E-state index >= 15 is 0 Å². The highest BCUT2D eigenvalue weighted by atomic mass is 31.2. The zero-order chi connectivity index (χ0) is 30.0. The molecule has 0 spiro atoms. The van der Waals surface area contributed by atoms with Crippen LogP contribution in [-0.4, -0.2) is 98.9 Å². The van der Waals surface area contributed by atoms with Gasteiger partial charge in [0.15, 0.2) is 5.82 Å². The molecule has 14 nitrogen and oxygen atoms in total. The van der Waals surface area contributed by atoms with Crippen LogP contribution in [0, 0.1) is 0 Å². The molecule has 15 heteroatoms. The molecule has 0 bridgehead atoms. The molecule has 2 amide bonds. The van der Waals surface area contributed by atoms with Gasteiger partial charge < -0.3 is 34.9 Å². The maximum atomic E-state index is 13.5. The number of rotatable bonds is 13. The lowest BCUT2D eigenvalue weighted by Crippen LogP contribution is -2.56. The lowest BCUT2D eigenvalue weighted by atomic mass is 10.2. The molecular formula is C26H37N6O8P. The van der Waals surface area contributed by atoms with Crippen molar-refractivity contribution >= 4 is 31.4 Å². The molecule has 1 saturated heterocycles. The number of amides is 2. The maximum absolute atomic E-state index is 13.5. The van der Waals surface area contributed by atoms with Gasteiger partial charge in [-0.05, 0) is 20.3 Å². The number of hydroxylamine groups is 2. The normalized spacial score (nSPS) is 16.1. The fraction of sp³-hybridized carbons (Fsp3) is 0.500. The lowest BCUT2D eigenvalue weighted by molar-refractivity contribution is -0.154. The minimum absolute atomic E-state index is 0.00285. The summed E-state index contributed by atoms with van der Waals surface area (Å²) in [5.74, 6) is -0.669. The summed E-state index contributed by atoms with van der Waals surface area (Å²) in [6.45, 7) is 6.12. The third-order valence-electron chi connectivity index (χ3n) is 5.99. The van der Waals surface area contributed by atoms with Crippen LogP contribution in [-0.2, 0) is 18.7 Å². The highest BCUT2D eigenvalue weighted by Crippen LogP contribution is 2.43. The van der Waals surface area contributed by atoms with Gasteiger partial charge in [0, 0.05) is 30.8 Å². The number of nitrogens with one attached hydrogen (secondary N) is 2. The number of nitrogens with zero attached hydrogens (tertiary/aromatic N) is 4. The lowest BCUT2D eigenvalue weighted by Gasteiger charge is -2.35. The first-order valence-corrected chi connectivity index (χ1v) is 15.2. The number of carboxylic acid groups (broad SMARTS) is 1. The number of piperazine rings is 1. The van der Waals surface area contributed by atoms with Crippen molar-refractivity contribution in [3.8, 4) is 11.4 Å². The topological polar surface area (TPSA) is 184 Å². The van der Waals surface area contributed by atoms with Crippen molar-refractivity contribution in [1.29, 1.82) is 0 Å². The van der Waals surface area contributed by atoms with Gasteiger partial charge in [0.05, 0.1) is 25.9 Å². The molecule has 2 atom stereocenters. The minimum Gasteiger partial charge on any atom is -0.448 e. The summed E-state index contributed by atoms with van der Waals surface area (Å²) in [6.07, 6.45) is -0.825. The van der Waals surface area contributed by atoms with Crippen LogP contribution in [0.25, 0.3) is 11.4 Å². The first-order valence-electron chi connectivity index (χ1n) is 13.4. The number of carbonyl (C=O) groups excluding carboxylic acids is 2. The number of carbonyl (C=O) groups is 3. The monoisotopic (exact) mass is 592 g/mol. The summed E-state index contributed by atoms with van der Waals surface area (Å²) in [4.78, 5) is 63.2. The van der Waals surface area contributed by atoms with Crippen LogP contribution in [0.5, 0.6) is 0 Å². The van der Waals surface area contributed by atoms with Crippen molar-refractivity contribution in [3.05, 3.63) is 42.1 Å². The van der Waals surface area contributed by atoms with E-state index in [1.807, 2.05) is 39.0 Å². The standard InChI is InChI=1S/C26H37N6O8P/c1-4-5-15-39-41(37,38)17-21(25(34)31-11-13-32(14-12-31)40-26(35)36)29-24(33)20-16-22(27-18(2)3)30-23(28-20)19-9-7-6-8-10-19/h6-10,16,18,21H,4-5,11-15,17H2,1-3H3,(H,29,33)(H,35,36)(H,37,38)(H,27,28,30)/t21-/m0/s1. The smallest absolute Gasteiger partial charge is 0.448 e. The molecule has 224 valence electrons. The van der Waals surface area contributed by atoms with E-state index in [2.05, 4.69) is 25.4 Å². The molecule has 0 aliphatic carbocycles. The van der Waals surface area contributed by atoms with Crippen LogP contribution >= 0.6 is 7.60 Å². The highest BCUT2D eigenvalue weighted by molar-refractivity contribution is 7.52. The second kappa shape index (κ2) is 14.9. The Morgan fingerprint density at radius 3 is 2.39 bits per heavy atom. The fourth-order valence-corrected chi connectivity index (χ4v) is 5.26. The van der Waals surface area contributed by atoms with Crippen LogP contribution in [0.4, 0.5) is 10.6 Å². The third kappa shape index (κ3) is 10.1. The van der Waals surface area contributed by atoms with Crippen LogP contribution < -0.4 is 10.6 Å². The summed E-state index contributed by atoms with van der Waals surface area (Å²) < 4.78 is 18.1. The highest BCUT2D eigenvalue weighted by Gasteiger charge is 2.36. The predicted molar refractivity (Wildman–Crippen MR) is 150 cm³/mol. The Kier molecular flexibility index (Phi) is 11.6. The van der Waals surface area contributed by atoms with E-state index in [0.29, 0.717) is 17.8 Å². The van der Waals surface area contributed by atoms with E-state index in [1.54, 1.807) is 12.1 Å². The summed E-state index contributed by atoms with van der Waals surface area (Å²) in [7, 11) is -4.27. The fourth-order valence-electron chi connectivity index (χ4n) is 4.03. The van der Waals surface area contributed by atoms with Gasteiger partial charge >= 0.3 is 13.8 Å². The molecule has 3 rings (SSSR count). The number of anilines is 1. The molecule has 0 radical (unpaired) electrons. The van der Waals surface area contributed by atoms with Gasteiger partial charge in [-0.1, -0.05) is 43.7 Å². The third-order valence-corrected chi connectivity index (χ3v) is 7.41. The van der Waals surface area contributed by atoms with Gasteiger partial charge in [0.1, 0.15) is 17.6 Å². The molecule has 2 aromatic rings. The zero-order valence-corrected chi connectivity index (χ0v) is 24.3. The zero-order valence-electron chi connectivity index (χ0n) is 23.4. The molecule has 1 fully saturated rings. The van der Waals surface area contributed by atoms with E-state index in [1.165, 1.54) is 16.0 Å². The van der Waals surface area contributed by atoms with Crippen LogP contribution in [0.15, 0.2) is 36.4 Å². The maximum Gasteiger partial charge on any atom is 0.525 e. The number of unbranched alkanes of at least 4 members (excludes halogenated alkanes) is 1. The summed E-state index contributed by atoms with van der Waals surface area (Å²) in [6, 6.07) is 9.10. The molecule has 4 N–H and O–H groups in total. The van der Waals surface area contributed by atoms with E-state index in [4.69, 9.17) is 9.63 Å². The number of hydrogen-bond donors (Lipinski definition) is 4. The Balaban J connectivity index is 1.86. The van der Waals surface area contributed by atoms with E-state index in [9.17, 15) is 23.8 Å². The SMILES string of the molecule is CCCCOP(=O)(O)C[C@H](NC(=O)c1cc(NC(C)C)nc(-c2ccccc2)n1)C(=O)N1CCN(OC(=O)O)CC1. The van der Waals surface area contributed by atoms with Gasteiger partial charge in [-0.3, -0.25) is 14.2 Å². The Morgan fingerprint density at radius 2 is 1.78 bits per heavy atom. The van der Waals surface area contributed by atoms with Crippen LogP contribution in [0.2, 0.25) is 0 Å². The van der Waals surface area contributed by atoms with Crippen molar-refractivity contribution in [2.45, 2.75) is 45.7 Å². The molecule has 0 saturated carbocycles. The van der Waals surface area contributed by atoms with Gasteiger partial charge in [0.25, 0.3) is 5.91 Å². The van der Waals surface area contributed by atoms with Crippen molar-refractivity contribution in [1.82, 2.24) is 25.2 Å². The average Bonchev–Trinajstić information content (AvgIpc) is 2.92. The summed E-state index contributed by atoms with van der Waals surface area (Å²) >= 11 is 0. The molecule has 1 aromatic heterocycles. The minimum atomic E-state index is -4.27. The Morgan fingerprint density at radius 1 is 1.10 bits per heavy atom. The first-order chi connectivity index (χ1) is 19.5. The largest absolute Gasteiger partial charge is 0.525 e. The molecule has 2 heterocycles. The predicted octanol–water partition coefficient (Wildman–Crippen LogP) is 2.82. The van der Waals surface area contributed by atoms with E-state index in [-0.39, 0.29) is 50.3 Å². The van der Waals surface area contributed by atoms with Crippen molar-refractivity contribution in [2.24, 2.45) is 0 Å². The van der Waals surface area contributed by atoms with Crippen molar-refractivity contribution in [2.75, 3.05) is 44.3 Å². The van der Waals surface area contributed by atoms with Gasteiger partial charge in [0.2, 0.25) is 5.91 Å². The number of aromatic nitrogens is 2. The summed E-state index contributed by atoms with van der Waals surface area (Å²) in [5, 5.41) is 15.8. The van der Waals surface area contributed by atoms with Crippen molar-refractivity contribution < 1.29 is 38.3 Å². The molecule has 1 aromatic carbocycles. The van der Waals surface area contributed by atoms with E-state index < -0.39 is 37.8 Å². The van der Waals surface area contributed by atoms with Crippen LogP contribution in [0.3, 0.4) is 0 Å². The first kappa shape index (κ1) is 31.9. The average molecular weight is 593 g/mol. The Bertz CT molecular complexity index is 1240. The molecule has 41 heavy (non-hydrogen) atoms. The molecule has 1 aliphatic rings. The van der Waals surface area contributed by atoms with Gasteiger partial charge in [-0.15, -0.1) is 5.06 Å². The second-order valence-electron chi connectivity index (χ2n) is 9.77. The number of benzene rings is 1. The molecule has 1 aliphatic heterocycles. The van der Waals surface area contributed by atoms with E-state index in [0.717, 1.165) is 6.42 Å². The van der Waals surface area contributed by atoms with Gasteiger partial charge in [-0.2, -0.15) is 0 Å². The second-order valence-corrected chi connectivity index (χ2v) is 11.7. The van der Waals surface area contributed by atoms with Gasteiger partial charge in [-0.25, -0.2) is 14.8 Å². The Hall–Kier alpha value is -3.58. The number of hydrogen-bond acceptors (Lipinski definition) is 10. The van der Waals surface area contributed by atoms with Crippen LogP contribution in [0.1, 0.15) is 44.1 Å². The molecular weight excluding hydrogens is 555 g/mol. The Labute approximate surface area is 238 Å². The van der Waals surface area contributed by atoms with Crippen molar-refractivity contribution in [3.63, 3.8) is 0 Å². The quantitative estimate of drug-likeness (QED) is 0.197.